The van der Waals surface area contributed by atoms with Gasteiger partial charge in [-0.2, -0.15) is 0 Å². The maximum atomic E-state index is 12.4. The molecule has 2 aromatic rings. The maximum Gasteiger partial charge on any atom is 0.340 e. The zero-order valence-corrected chi connectivity index (χ0v) is 15.9. The number of benzene rings is 1. The van der Waals surface area contributed by atoms with E-state index >= 15 is 0 Å². The average Bonchev–Trinajstić information content (AvgIpc) is 3.44. The second-order valence-corrected chi connectivity index (χ2v) is 6.86. The largest absolute Gasteiger partial charge is 0.454 e. The number of esters is 1. The number of nitrogens with one attached hydrogen (secondary N) is 1. The van der Waals surface area contributed by atoms with Gasteiger partial charge in [0.15, 0.2) is 12.4 Å². The average molecular weight is 368 g/mol. The van der Waals surface area contributed by atoms with Crippen LogP contribution in [0.15, 0.2) is 30.3 Å². The minimum Gasteiger partial charge on any atom is -0.454 e. The molecule has 0 unspecified atom stereocenters. The molecule has 1 aromatic carbocycles. The lowest BCUT2D eigenvalue weighted by Gasteiger charge is -2.08. The highest BCUT2D eigenvalue weighted by Crippen LogP contribution is 2.38. The van der Waals surface area contributed by atoms with Gasteiger partial charge in [0, 0.05) is 35.1 Å². The second-order valence-electron chi connectivity index (χ2n) is 6.86. The van der Waals surface area contributed by atoms with Gasteiger partial charge >= 0.3 is 5.97 Å². The van der Waals surface area contributed by atoms with Crippen molar-refractivity contribution in [2.24, 2.45) is 0 Å². The quantitative estimate of drug-likeness (QED) is 0.595. The Morgan fingerprint density at radius 2 is 1.81 bits per heavy atom. The van der Waals surface area contributed by atoms with Crippen molar-refractivity contribution < 1.29 is 19.1 Å². The summed E-state index contributed by atoms with van der Waals surface area (Å²) in [4.78, 5) is 36.0. The highest BCUT2D eigenvalue weighted by Gasteiger charge is 2.28. The lowest BCUT2D eigenvalue weighted by atomic mass is 10.1. The molecule has 1 N–H and O–H groups in total. The van der Waals surface area contributed by atoms with Gasteiger partial charge in [-0.15, -0.1) is 0 Å². The van der Waals surface area contributed by atoms with E-state index in [1.165, 1.54) is 0 Å². The molecule has 1 heterocycles. The number of aromatic nitrogens is 1. The molecular weight excluding hydrogens is 344 g/mol. The van der Waals surface area contributed by atoms with Gasteiger partial charge in [-0.25, -0.2) is 4.79 Å². The van der Waals surface area contributed by atoms with Crippen molar-refractivity contribution in [1.82, 2.24) is 4.57 Å². The van der Waals surface area contributed by atoms with Gasteiger partial charge in [0.2, 0.25) is 5.91 Å². The molecule has 0 radical (unpaired) electrons. The zero-order valence-electron chi connectivity index (χ0n) is 15.9. The molecule has 142 valence electrons. The van der Waals surface area contributed by atoms with Crippen LogP contribution in [-0.4, -0.2) is 28.8 Å². The highest BCUT2D eigenvalue weighted by atomic mass is 16.5. The Kier molecular flexibility index (Phi) is 5.44. The Morgan fingerprint density at radius 1 is 1.15 bits per heavy atom. The monoisotopic (exact) mass is 368 g/mol. The number of ether oxygens (including phenoxy) is 1. The van der Waals surface area contributed by atoms with Crippen LogP contribution in [0, 0.1) is 13.8 Å². The molecule has 6 heteroatoms. The van der Waals surface area contributed by atoms with E-state index in [4.69, 9.17) is 4.74 Å². The number of nitrogens with zero attached hydrogens (tertiary/aromatic N) is 1. The molecular formula is C21H24N2O4. The number of rotatable bonds is 7. The van der Waals surface area contributed by atoms with Gasteiger partial charge in [-0.1, -0.05) is 6.92 Å². The third-order valence-electron chi connectivity index (χ3n) is 4.76. The van der Waals surface area contributed by atoms with E-state index in [1.54, 1.807) is 31.2 Å². The van der Waals surface area contributed by atoms with Crippen LogP contribution in [0.25, 0.3) is 0 Å². The number of hydrogen-bond donors (Lipinski definition) is 1. The van der Waals surface area contributed by atoms with Crippen molar-refractivity contribution in [2.75, 3.05) is 11.9 Å². The lowest BCUT2D eigenvalue weighted by Crippen LogP contribution is -2.15. The molecule has 1 aromatic heterocycles. The minimum absolute atomic E-state index is 0.0909. The van der Waals surface area contributed by atoms with Crippen LogP contribution in [0.2, 0.25) is 0 Å². The Labute approximate surface area is 158 Å². The van der Waals surface area contributed by atoms with E-state index in [9.17, 15) is 14.4 Å². The maximum absolute atomic E-state index is 12.4. The van der Waals surface area contributed by atoms with Crippen LogP contribution in [0.3, 0.4) is 0 Å². The zero-order chi connectivity index (χ0) is 19.6. The van der Waals surface area contributed by atoms with E-state index in [0.717, 1.165) is 24.2 Å². The molecule has 0 bridgehead atoms. The molecule has 27 heavy (non-hydrogen) atoms. The van der Waals surface area contributed by atoms with Crippen molar-refractivity contribution in [3.8, 4) is 0 Å². The summed E-state index contributed by atoms with van der Waals surface area (Å²) in [6.45, 7) is 5.34. The normalized spacial score (nSPS) is 13.3. The summed E-state index contributed by atoms with van der Waals surface area (Å²) in [5, 5.41) is 2.72. The molecule has 0 atom stereocenters. The smallest absolute Gasteiger partial charge is 0.340 e. The molecule has 0 spiro atoms. The predicted octanol–water partition coefficient (Wildman–Crippen LogP) is 3.83. The first kappa shape index (κ1) is 18.9. The fraction of sp³-hybridized carbons (Fsp3) is 0.381. The SMILES string of the molecule is CCC(=O)Nc1ccc(C(=O)COC(=O)c2cc(C)n(C3CC3)c2C)cc1. The number of ketones is 1. The predicted molar refractivity (Wildman–Crippen MR) is 102 cm³/mol. The van der Waals surface area contributed by atoms with Crippen molar-refractivity contribution in [3.63, 3.8) is 0 Å². The van der Waals surface area contributed by atoms with E-state index in [1.807, 2.05) is 19.9 Å². The van der Waals surface area contributed by atoms with Gasteiger partial charge in [0.05, 0.1) is 5.56 Å². The van der Waals surface area contributed by atoms with Crippen LogP contribution in [0.1, 0.15) is 64.3 Å². The van der Waals surface area contributed by atoms with Crippen molar-refractivity contribution >= 4 is 23.3 Å². The number of hydrogen-bond acceptors (Lipinski definition) is 4. The van der Waals surface area contributed by atoms with Gasteiger partial charge in [-0.3, -0.25) is 9.59 Å². The van der Waals surface area contributed by atoms with E-state index in [-0.39, 0.29) is 18.3 Å². The van der Waals surface area contributed by atoms with Crippen LogP contribution < -0.4 is 5.32 Å². The Morgan fingerprint density at radius 3 is 2.41 bits per heavy atom. The number of carbonyl (C=O) groups is 3. The molecule has 0 saturated heterocycles. The van der Waals surface area contributed by atoms with Crippen LogP contribution in [0.4, 0.5) is 5.69 Å². The number of aryl methyl sites for hydroxylation is 1. The van der Waals surface area contributed by atoms with Gasteiger partial charge in [0.25, 0.3) is 0 Å². The standard InChI is InChI=1S/C21H24N2O4/c1-4-20(25)22-16-7-5-15(6-8-16)19(24)12-27-21(26)18-11-13(2)23(14(18)3)17-9-10-17/h5-8,11,17H,4,9-10,12H2,1-3H3,(H,22,25). The molecule has 1 fully saturated rings. The molecule has 3 rings (SSSR count). The van der Waals surface area contributed by atoms with Crippen LogP contribution in [0.5, 0.6) is 0 Å². The first-order valence-corrected chi connectivity index (χ1v) is 9.19. The Bertz CT molecular complexity index is 876. The number of anilines is 1. The van der Waals surface area contributed by atoms with Gasteiger partial charge in [-0.05, 0) is 57.0 Å². The summed E-state index contributed by atoms with van der Waals surface area (Å²) in [5.74, 6) is -0.852. The lowest BCUT2D eigenvalue weighted by molar-refractivity contribution is -0.115. The van der Waals surface area contributed by atoms with E-state index < -0.39 is 5.97 Å². The van der Waals surface area contributed by atoms with Crippen molar-refractivity contribution in [2.45, 2.75) is 46.1 Å². The highest BCUT2D eigenvalue weighted by molar-refractivity contribution is 6.00. The molecule has 1 saturated carbocycles. The fourth-order valence-corrected chi connectivity index (χ4v) is 3.16. The number of amides is 1. The Balaban J connectivity index is 1.59. The summed E-state index contributed by atoms with van der Waals surface area (Å²) < 4.78 is 7.40. The van der Waals surface area contributed by atoms with Crippen molar-refractivity contribution in [1.29, 1.82) is 0 Å². The molecule has 1 amide bonds. The third-order valence-corrected chi connectivity index (χ3v) is 4.76. The molecule has 1 aliphatic carbocycles. The summed E-state index contributed by atoms with van der Waals surface area (Å²) in [6.07, 6.45) is 2.66. The van der Waals surface area contributed by atoms with Gasteiger partial charge in [0.1, 0.15) is 0 Å². The molecule has 0 aliphatic heterocycles. The van der Waals surface area contributed by atoms with Gasteiger partial charge < -0.3 is 14.6 Å². The second kappa shape index (κ2) is 7.78. The summed E-state index contributed by atoms with van der Waals surface area (Å²) in [7, 11) is 0. The summed E-state index contributed by atoms with van der Waals surface area (Å²) in [6, 6.07) is 8.85. The van der Waals surface area contributed by atoms with Crippen LogP contribution in [-0.2, 0) is 9.53 Å². The number of Topliss-reactive ketones (excluding diaryl/α,β-unsaturated/α-hetero) is 1. The van der Waals surface area contributed by atoms with E-state index in [2.05, 4.69) is 9.88 Å². The fourth-order valence-electron chi connectivity index (χ4n) is 3.16. The number of carbonyl (C=O) groups excluding carboxylic acids is 3. The molecule has 6 nitrogen and oxygen atoms in total. The first-order valence-electron chi connectivity index (χ1n) is 9.19. The first-order chi connectivity index (χ1) is 12.9. The molecule has 1 aliphatic rings. The van der Waals surface area contributed by atoms with Crippen molar-refractivity contribution in [3.05, 3.63) is 52.8 Å². The summed E-state index contributed by atoms with van der Waals surface area (Å²) >= 11 is 0. The van der Waals surface area contributed by atoms with E-state index in [0.29, 0.717) is 29.3 Å². The third kappa shape index (κ3) is 4.27. The minimum atomic E-state index is -0.477. The van der Waals surface area contributed by atoms with Crippen LogP contribution >= 0.6 is 0 Å². The Hall–Kier alpha value is -2.89. The summed E-state index contributed by atoms with van der Waals surface area (Å²) in [5.41, 5.74) is 3.51. The topological polar surface area (TPSA) is 77.4 Å².